The zero-order valence-electron chi connectivity index (χ0n) is 9.36. The minimum absolute atomic E-state index is 0.00254. The third-order valence-corrected chi connectivity index (χ3v) is 3.30. The number of hydrogen-bond acceptors (Lipinski definition) is 8. The summed E-state index contributed by atoms with van der Waals surface area (Å²) in [6.07, 6.45) is 2.23. The highest BCUT2D eigenvalue weighted by molar-refractivity contribution is 7.89. The second-order valence-corrected chi connectivity index (χ2v) is 5.10. The molecule has 2 aromatic heterocycles. The van der Waals surface area contributed by atoms with Gasteiger partial charge in [0.2, 0.25) is 21.9 Å². The fourth-order valence-electron chi connectivity index (χ4n) is 1.12. The molecule has 0 bridgehead atoms. The molecule has 0 fully saturated rings. The molecule has 10 heteroatoms. The predicted molar refractivity (Wildman–Crippen MR) is 59.5 cm³/mol. The van der Waals surface area contributed by atoms with Gasteiger partial charge in [-0.3, -0.25) is 0 Å². The SMILES string of the molecule is Cc1nc(CNS(=O)(=O)c2cnc(N)nc2)no1. The number of sulfonamides is 1. The maximum absolute atomic E-state index is 11.8. The summed E-state index contributed by atoms with van der Waals surface area (Å²) in [5, 5.41) is 3.56. The summed E-state index contributed by atoms with van der Waals surface area (Å²) in [5.74, 6) is 0.607. The Balaban J connectivity index is 2.10. The first-order valence-corrected chi connectivity index (χ1v) is 6.32. The number of hydrogen-bond donors (Lipinski definition) is 2. The third-order valence-electron chi connectivity index (χ3n) is 1.95. The van der Waals surface area contributed by atoms with Gasteiger partial charge in [0.15, 0.2) is 5.82 Å². The van der Waals surface area contributed by atoms with E-state index >= 15 is 0 Å². The van der Waals surface area contributed by atoms with E-state index in [4.69, 9.17) is 10.3 Å². The topological polar surface area (TPSA) is 137 Å². The number of rotatable bonds is 4. The average molecular weight is 270 g/mol. The Hall–Kier alpha value is -2.07. The number of aromatic nitrogens is 4. The summed E-state index contributed by atoms with van der Waals surface area (Å²) in [6.45, 7) is 1.53. The van der Waals surface area contributed by atoms with E-state index in [2.05, 4.69) is 24.8 Å². The third kappa shape index (κ3) is 2.78. The van der Waals surface area contributed by atoms with Crippen LogP contribution in [0.25, 0.3) is 0 Å². The van der Waals surface area contributed by atoms with Gasteiger partial charge in [-0.1, -0.05) is 5.16 Å². The minimum Gasteiger partial charge on any atom is -0.368 e. The van der Waals surface area contributed by atoms with Crippen molar-refractivity contribution >= 4 is 16.0 Å². The molecular weight excluding hydrogens is 260 g/mol. The molecule has 0 saturated heterocycles. The first-order chi connectivity index (χ1) is 8.47. The van der Waals surface area contributed by atoms with Gasteiger partial charge >= 0.3 is 0 Å². The standard InChI is InChI=1S/C8H10N6O3S/c1-5-13-7(14-17-5)4-12-18(15,16)6-2-10-8(9)11-3-6/h2-3,12H,4H2,1H3,(H2,9,10,11). The molecule has 96 valence electrons. The maximum Gasteiger partial charge on any atom is 0.244 e. The Morgan fingerprint density at radius 2 is 2.06 bits per heavy atom. The number of nitrogen functional groups attached to an aromatic ring is 1. The smallest absolute Gasteiger partial charge is 0.244 e. The number of nitrogens with one attached hydrogen (secondary N) is 1. The van der Waals surface area contributed by atoms with Crippen molar-refractivity contribution < 1.29 is 12.9 Å². The van der Waals surface area contributed by atoms with E-state index in [0.29, 0.717) is 5.89 Å². The lowest BCUT2D eigenvalue weighted by Gasteiger charge is -2.03. The lowest BCUT2D eigenvalue weighted by atomic mass is 10.6. The molecule has 2 rings (SSSR count). The molecule has 0 unspecified atom stereocenters. The highest BCUT2D eigenvalue weighted by atomic mass is 32.2. The van der Waals surface area contributed by atoms with Crippen molar-refractivity contribution in [2.24, 2.45) is 0 Å². The monoisotopic (exact) mass is 270 g/mol. The highest BCUT2D eigenvalue weighted by Gasteiger charge is 2.16. The van der Waals surface area contributed by atoms with Crippen molar-refractivity contribution in [3.05, 3.63) is 24.1 Å². The molecule has 0 atom stereocenters. The van der Waals surface area contributed by atoms with Crippen LogP contribution in [-0.2, 0) is 16.6 Å². The molecule has 0 spiro atoms. The van der Waals surface area contributed by atoms with Crippen LogP contribution >= 0.6 is 0 Å². The van der Waals surface area contributed by atoms with E-state index in [9.17, 15) is 8.42 Å². The lowest BCUT2D eigenvalue weighted by molar-refractivity contribution is 0.387. The van der Waals surface area contributed by atoms with Gasteiger partial charge in [0, 0.05) is 6.92 Å². The summed E-state index contributed by atoms with van der Waals surface area (Å²) in [7, 11) is -3.72. The Bertz CT molecular complexity index is 635. The van der Waals surface area contributed by atoms with E-state index in [1.807, 2.05) is 0 Å². The Morgan fingerprint density at radius 3 is 2.61 bits per heavy atom. The number of nitrogens with two attached hydrogens (primary N) is 1. The van der Waals surface area contributed by atoms with Gasteiger partial charge in [0.25, 0.3) is 0 Å². The van der Waals surface area contributed by atoms with Crippen molar-refractivity contribution in [2.45, 2.75) is 18.4 Å². The van der Waals surface area contributed by atoms with Gasteiger partial charge in [0.1, 0.15) is 4.90 Å². The second-order valence-electron chi connectivity index (χ2n) is 3.33. The summed E-state index contributed by atoms with van der Waals surface area (Å²) in [5.41, 5.74) is 5.27. The van der Waals surface area contributed by atoms with Crippen LogP contribution in [0.3, 0.4) is 0 Å². The molecule has 0 aliphatic rings. The molecule has 0 aliphatic heterocycles. The first-order valence-electron chi connectivity index (χ1n) is 4.84. The van der Waals surface area contributed by atoms with Crippen LogP contribution < -0.4 is 10.5 Å². The molecule has 0 radical (unpaired) electrons. The first kappa shape index (κ1) is 12.4. The van der Waals surface area contributed by atoms with Crippen LogP contribution in [0.1, 0.15) is 11.7 Å². The Morgan fingerprint density at radius 1 is 1.39 bits per heavy atom. The van der Waals surface area contributed by atoms with Crippen LogP contribution in [0.4, 0.5) is 5.95 Å². The van der Waals surface area contributed by atoms with Crippen molar-refractivity contribution in [3.8, 4) is 0 Å². The summed E-state index contributed by atoms with van der Waals surface area (Å²) >= 11 is 0. The number of nitrogens with zero attached hydrogens (tertiary/aromatic N) is 4. The van der Waals surface area contributed by atoms with Crippen LogP contribution in [-0.4, -0.2) is 28.5 Å². The van der Waals surface area contributed by atoms with Crippen LogP contribution in [0, 0.1) is 6.92 Å². The van der Waals surface area contributed by atoms with E-state index in [-0.39, 0.29) is 23.2 Å². The molecule has 18 heavy (non-hydrogen) atoms. The van der Waals surface area contributed by atoms with Gasteiger partial charge in [-0.25, -0.2) is 23.1 Å². The Kier molecular flexibility index (Phi) is 3.21. The highest BCUT2D eigenvalue weighted by Crippen LogP contribution is 2.06. The van der Waals surface area contributed by atoms with Gasteiger partial charge < -0.3 is 10.3 Å². The molecule has 2 aromatic rings. The predicted octanol–water partition coefficient (Wildman–Crippen LogP) is -0.771. The lowest BCUT2D eigenvalue weighted by Crippen LogP contribution is -2.24. The molecule has 9 nitrogen and oxygen atoms in total. The number of anilines is 1. The molecule has 3 N–H and O–H groups in total. The summed E-state index contributed by atoms with van der Waals surface area (Å²) in [4.78, 5) is 11.0. The van der Waals surface area contributed by atoms with Crippen molar-refractivity contribution in [2.75, 3.05) is 5.73 Å². The molecule has 0 aliphatic carbocycles. The van der Waals surface area contributed by atoms with Crippen LogP contribution in [0.5, 0.6) is 0 Å². The van der Waals surface area contributed by atoms with Crippen LogP contribution in [0.2, 0.25) is 0 Å². The van der Waals surface area contributed by atoms with Crippen molar-refractivity contribution in [1.29, 1.82) is 0 Å². The Labute approximate surface area is 102 Å². The summed E-state index contributed by atoms with van der Waals surface area (Å²) in [6, 6.07) is 0. The van der Waals surface area contributed by atoms with E-state index in [1.165, 1.54) is 0 Å². The van der Waals surface area contributed by atoms with Gasteiger partial charge in [-0.2, -0.15) is 4.98 Å². The van der Waals surface area contributed by atoms with Crippen LogP contribution in [0.15, 0.2) is 21.8 Å². The normalized spacial score (nSPS) is 11.6. The molecule has 2 heterocycles. The fourth-order valence-corrected chi connectivity index (χ4v) is 1.99. The molecular formula is C8H10N6O3S. The zero-order valence-corrected chi connectivity index (χ0v) is 10.2. The van der Waals surface area contributed by atoms with E-state index < -0.39 is 10.0 Å². The van der Waals surface area contributed by atoms with Gasteiger partial charge in [-0.15, -0.1) is 0 Å². The van der Waals surface area contributed by atoms with E-state index in [1.54, 1.807) is 6.92 Å². The van der Waals surface area contributed by atoms with Gasteiger partial charge in [0.05, 0.1) is 18.9 Å². The van der Waals surface area contributed by atoms with Gasteiger partial charge in [-0.05, 0) is 0 Å². The summed E-state index contributed by atoms with van der Waals surface area (Å²) < 4.78 is 30.6. The fraction of sp³-hybridized carbons (Fsp3) is 0.250. The van der Waals surface area contributed by atoms with E-state index in [0.717, 1.165) is 12.4 Å². The zero-order chi connectivity index (χ0) is 13.2. The van der Waals surface area contributed by atoms with Crippen molar-refractivity contribution in [1.82, 2.24) is 24.8 Å². The quantitative estimate of drug-likeness (QED) is 0.738. The number of aryl methyl sites for hydroxylation is 1. The minimum atomic E-state index is -3.72. The largest absolute Gasteiger partial charge is 0.368 e. The molecule has 0 amide bonds. The molecule has 0 aromatic carbocycles. The van der Waals surface area contributed by atoms with Crippen molar-refractivity contribution in [3.63, 3.8) is 0 Å². The maximum atomic E-state index is 11.8. The second kappa shape index (κ2) is 4.66. The molecule has 0 saturated carbocycles. The average Bonchev–Trinajstić information content (AvgIpc) is 2.73.